The minimum Gasteiger partial charge on any atom is -0.318 e. The molecule has 0 aromatic rings. The van der Waals surface area contributed by atoms with Crippen LogP contribution in [0, 0.1) is 0 Å². The Morgan fingerprint density at radius 1 is 1.35 bits per heavy atom. The highest BCUT2D eigenvalue weighted by Gasteiger charge is 2.19. The van der Waals surface area contributed by atoms with Gasteiger partial charge in [-0.2, -0.15) is 11.8 Å². The minimum absolute atomic E-state index is 0.385. The van der Waals surface area contributed by atoms with Gasteiger partial charge < -0.3 is 10.2 Å². The molecule has 1 heterocycles. The van der Waals surface area contributed by atoms with Gasteiger partial charge in [-0.1, -0.05) is 0 Å². The standard InChI is InChI=1S/C10H23N3O2S2/c1-10(9-11-2)17(14,15)12-3-4-13-5-7-16-8-6-13/h10-12H,3-9H2,1-2H3. The van der Waals surface area contributed by atoms with Gasteiger partial charge in [-0.05, 0) is 14.0 Å². The first-order chi connectivity index (χ1) is 8.06. The summed E-state index contributed by atoms with van der Waals surface area (Å²) in [6.07, 6.45) is 0. The smallest absolute Gasteiger partial charge is 0.215 e. The second-order valence-corrected chi connectivity index (χ2v) is 7.67. The van der Waals surface area contributed by atoms with Crippen LogP contribution in [0.3, 0.4) is 0 Å². The third-order valence-electron chi connectivity index (χ3n) is 2.86. The molecule has 7 heteroatoms. The Kier molecular flexibility index (Phi) is 6.79. The lowest BCUT2D eigenvalue weighted by Crippen LogP contribution is -2.43. The first kappa shape index (κ1) is 15.2. The number of hydrogen-bond donors (Lipinski definition) is 2. The number of hydrogen-bond acceptors (Lipinski definition) is 5. The van der Waals surface area contributed by atoms with Crippen molar-refractivity contribution in [3.05, 3.63) is 0 Å². The van der Waals surface area contributed by atoms with E-state index in [2.05, 4.69) is 14.9 Å². The Hall–Kier alpha value is 0.180. The Balaban J connectivity index is 2.24. The maximum Gasteiger partial charge on any atom is 0.215 e. The Bertz CT molecular complexity index is 303. The van der Waals surface area contributed by atoms with Gasteiger partial charge in [0.25, 0.3) is 0 Å². The molecule has 0 aromatic carbocycles. The van der Waals surface area contributed by atoms with Crippen LogP contribution < -0.4 is 10.0 Å². The Labute approximate surface area is 109 Å². The lowest BCUT2D eigenvalue weighted by molar-refractivity contribution is 0.307. The van der Waals surface area contributed by atoms with Crippen molar-refractivity contribution in [1.82, 2.24) is 14.9 Å². The Morgan fingerprint density at radius 3 is 2.59 bits per heavy atom. The maximum atomic E-state index is 11.8. The lowest BCUT2D eigenvalue weighted by atomic mass is 10.5. The van der Waals surface area contributed by atoms with Crippen LogP contribution in [0.1, 0.15) is 6.92 Å². The van der Waals surface area contributed by atoms with Gasteiger partial charge in [-0.25, -0.2) is 13.1 Å². The fourth-order valence-corrected chi connectivity index (χ4v) is 3.74. The van der Waals surface area contributed by atoms with Crippen molar-refractivity contribution in [3.8, 4) is 0 Å². The Morgan fingerprint density at radius 2 is 2.00 bits per heavy atom. The average molecular weight is 281 g/mol. The SMILES string of the molecule is CNCC(C)S(=O)(=O)NCCN1CCSCC1. The fourth-order valence-electron chi connectivity index (χ4n) is 1.71. The second-order valence-electron chi connectivity index (χ2n) is 4.26. The molecule has 1 atom stereocenters. The van der Waals surface area contributed by atoms with Crippen LogP contribution in [0.4, 0.5) is 0 Å². The molecule has 1 saturated heterocycles. The summed E-state index contributed by atoms with van der Waals surface area (Å²) >= 11 is 1.96. The summed E-state index contributed by atoms with van der Waals surface area (Å²) in [6.45, 7) is 5.66. The highest BCUT2D eigenvalue weighted by molar-refractivity contribution is 7.99. The maximum absolute atomic E-state index is 11.8. The molecule has 1 unspecified atom stereocenters. The predicted octanol–water partition coefficient (Wildman–Crippen LogP) is -0.437. The van der Waals surface area contributed by atoms with E-state index < -0.39 is 10.0 Å². The number of nitrogens with zero attached hydrogens (tertiary/aromatic N) is 1. The number of sulfonamides is 1. The van der Waals surface area contributed by atoms with Crippen LogP contribution in [0.25, 0.3) is 0 Å². The van der Waals surface area contributed by atoms with Gasteiger partial charge >= 0.3 is 0 Å². The normalized spacial score (nSPS) is 20.4. The molecule has 17 heavy (non-hydrogen) atoms. The van der Waals surface area contributed by atoms with Crippen LogP contribution in [0.15, 0.2) is 0 Å². The minimum atomic E-state index is -3.17. The zero-order chi connectivity index (χ0) is 12.7. The molecule has 0 saturated carbocycles. The van der Waals surface area contributed by atoms with Crippen LogP contribution in [-0.2, 0) is 10.0 Å². The van der Waals surface area contributed by atoms with Crippen LogP contribution in [0.2, 0.25) is 0 Å². The molecule has 5 nitrogen and oxygen atoms in total. The summed E-state index contributed by atoms with van der Waals surface area (Å²) in [7, 11) is -1.41. The molecule has 0 bridgehead atoms. The van der Waals surface area contributed by atoms with Crippen molar-refractivity contribution >= 4 is 21.8 Å². The van der Waals surface area contributed by atoms with Crippen molar-refractivity contribution in [3.63, 3.8) is 0 Å². The van der Waals surface area contributed by atoms with Crippen molar-refractivity contribution < 1.29 is 8.42 Å². The van der Waals surface area contributed by atoms with Gasteiger partial charge in [0.1, 0.15) is 0 Å². The molecule has 0 aromatic heterocycles. The van der Waals surface area contributed by atoms with Crippen LogP contribution >= 0.6 is 11.8 Å². The molecule has 0 amide bonds. The van der Waals surface area contributed by atoms with E-state index in [0.717, 1.165) is 31.1 Å². The third kappa shape index (κ3) is 5.56. The monoisotopic (exact) mass is 281 g/mol. The summed E-state index contributed by atoms with van der Waals surface area (Å²) < 4.78 is 26.3. The average Bonchev–Trinajstić information content (AvgIpc) is 2.30. The topological polar surface area (TPSA) is 61.4 Å². The summed E-state index contributed by atoms with van der Waals surface area (Å²) in [6, 6.07) is 0. The molecule has 0 aliphatic carbocycles. The fraction of sp³-hybridized carbons (Fsp3) is 1.00. The molecular weight excluding hydrogens is 258 g/mol. The molecule has 2 N–H and O–H groups in total. The van der Waals surface area contributed by atoms with E-state index in [9.17, 15) is 8.42 Å². The van der Waals surface area contributed by atoms with E-state index in [0.29, 0.717) is 13.1 Å². The van der Waals surface area contributed by atoms with Crippen LogP contribution in [-0.4, -0.2) is 69.8 Å². The summed E-state index contributed by atoms with van der Waals surface area (Å²) in [5, 5.41) is 2.50. The number of nitrogens with one attached hydrogen (secondary N) is 2. The zero-order valence-electron chi connectivity index (χ0n) is 10.6. The lowest BCUT2D eigenvalue weighted by Gasteiger charge is -2.26. The molecule has 1 fully saturated rings. The van der Waals surface area contributed by atoms with Gasteiger partial charge in [0.2, 0.25) is 10.0 Å². The highest BCUT2D eigenvalue weighted by atomic mass is 32.2. The van der Waals surface area contributed by atoms with E-state index in [1.165, 1.54) is 0 Å². The molecule has 1 rings (SSSR count). The molecule has 0 radical (unpaired) electrons. The van der Waals surface area contributed by atoms with E-state index in [-0.39, 0.29) is 5.25 Å². The van der Waals surface area contributed by atoms with Crippen molar-refractivity contribution in [1.29, 1.82) is 0 Å². The molecule has 1 aliphatic rings. The largest absolute Gasteiger partial charge is 0.318 e. The van der Waals surface area contributed by atoms with Gasteiger partial charge in [-0.3, -0.25) is 0 Å². The van der Waals surface area contributed by atoms with Crippen molar-refractivity contribution in [2.24, 2.45) is 0 Å². The first-order valence-electron chi connectivity index (χ1n) is 5.99. The number of thioether (sulfide) groups is 1. The quantitative estimate of drug-likeness (QED) is 0.663. The molecular formula is C10H23N3O2S2. The van der Waals surface area contributed by atoms with Crippen molar-refractivity contribution in [2.75, 3.05) is 51.3 Å². The van der Waals surface area contributed by atoms with Gasteiger partial charge in [0.05, 0.1) is 5.25 Å². The summed E-state index contributed by atoms with van der Waals surface area (Å²) in [5.41, 5.74) is 0. The van der Waals surface area contributed by atoms with E-state index >= 15 is 0 Å². The van der Waals surface area contributed by atoms with Gasteiger partial charge in [-0.15, -0.1) is 0 Å². The van der Waals surface area contributed by atoms with E-state index in [4.69, 9.17) is 0 Å². The van der Waals surface area contributed by atoms with Crippen LogP contribution in [0.5, 0.6) is 0 Å². The van der Waals surface area contributed by atoms with Crippen molar-refractivity contribution in [2.45, 2.75) is 12.2 Å². The van der Waals surface area contributed by atoms with Gasteiger partial charge in [0, 0.05) is 44.2 Å². The highest BCUT2D eigenvalue weighted by Crippen LogP contribution is 2.08. The van der Waals surface area contributed by atoms with Gasteiger partial charge in [0.15, 0.2) is 0 Å². The summed E-state index contributed by atoms with van der Waals surface area (Å²) in [4.78, 5) is 2.31. The number of rotatable bonds is 7. The second kappa shape index (κ2) is 7.58. The van der Waals surface area contributed by atoms with E-state index in [1.54, 1.807) is 14.0 Å². The predicted molar refractivity (Wildman–Crippen MR) is 74.1 cm³/mol. The summed E-state index contributed by atoms with van der Waals surface area (Å²) in [5.74, 6) is 2.31. The molecule has 1 aliphatic heterocycles. The molecule has 102 valence electrons. The third-order valence-corrected chi connectivity index (χ3v) is 5.63. The molecule has 0 spiro atoms. The first-order valence-corrected chi connectivity index (χ1v) is 8.69. The van der Waals surface area contributed by atoms with E-state index in [1.807, 2.05) is 11.8 Å². The zero-order valence-corrected chi connectivity index (χ0v) is 12.2.